The zero-order valence-corrected chi connectivity index (χ0v) is 20.1. The van der Waals surface area contributed by atoms with Crippen LogP contribution in [0.3, 0.4) is 0 Å². The van der Waals surface area contributed by atoms with Gasteiger partial charge in [0.1, 0.15) is 11.5 Å². The fraction of sp³-hybridized carbons (Fsp3) is 0.200. The lowest BCUT2D eigenvalue weighted by molar-refractivity contribution is -0.115. The maximum absolute atomic E-state index is 12.4. The Balaban J connectivity index is 1.37. The van der Waals surface area contributed by atoms with Gasteiger partial charge in [-0.3, -0.25) is 10.1 Å². The van der Waals surface area contributed by atoms with E-state index in [1.165, 1.54) is 12.5 Å². The molecule has 0 spiro atoms. The SMILES string of the molecule is O=C(/C=C/c1ccc(-c2ccc(Cl)cc2)o1)NC(=S)Nc1cccc(Cl)c1N1CCCCC1. The highest BCUT2D eigenvalue weighted by atomic mass is 35.5. The molecule has 3 aromatic rings. The first-order chi connectivity index (χ1) is 16.0. The molecule has 5 nitrogen and oxygen atoms in total. The Bertz CT molecular complexity index is 1170. The fourth-order valence-electron chi connectivity index (χ4n) is 3.73. The standard InChI is InChI=1S/C25H23Cl2N3O2S/c26-18-9-7-17(8-10-18)22-13-11-19(32-22)12-14-23(31)29-25(33)28-21-6-4-5-20(27)24(21)30-15-2-1-3-16-30/h4-14H,1-3,15-16H2,(H2,28,29,31,33)/b14-12+. The Morgan fingerprint density at radius 2 is 1.76 bits per heavy atom. The minimum atomic E-state index is -0.363. The van der Waals surface area contributed by atoms with Crippen LogP contribution in [0, 0.1) is 0 Å². The number of anilines is 2. The van der Waals surface area contributed by atoms with Gasteiger partial charge in [-0.1, -0.05) is 29.3 Å². The zero-order valence-electron chi connectivity index (χ0n) is 17.8. The lowest BCUT2D eigenvalue weighted by atomic mass is 10.1. The van der Waals surface area contributed by atoms with Crippen molar-refractivity contribution in [2.24, 2.45) is 0 Å². The van der Waals surface area contributed by atoms with E-state index in [0.29, 0.717) is 21.6 Å². The van der Waals surface area contributed by atoms with Crippen LogP contribution >= 0.6 is 35.4 Å². The number of para-hydroxylation sites is 1. The van der Waals surface area contributed by atoms with E-state index < -0.39 is 0 Å². The third-order valence-corrected chi connectivity index (χ3v) is 6.06. The van der Waals surface area contributed by atoms with Gasteiger partial charge in [0, 0.05) is 29.8 Å². The van der Waals surface area contributed by atoms with E-state index in [0.717, 1.165) is 42.9 Å². The first-order valence-corrected chi connectivity index (χ1v) is 11.9. The topological polar surface area (TPSA) is 57.5 Å². The summed E-state index contributed by atoms with van der Waals surface area (Å²) >= 11 is 17.8. The molecule has 170 valence electrons. The first-order valence-electron chi connectivity index (χ1n) is 10.7. The number of halogens is 2. The van der Waals surface area contributed by atoms with Crippen molar-refractivity contribution >= 4 is 63.9 Å². The van der Waals surface area contributed by atoms with Crippen LogP contribution in [0.4, 0.5) is 11.4 Å². The van der Waals surface area contributed by atoms with Gasteiger partial charge in [-0.25, -0.2) is 0 Å². The van der Waals surface area contributed by atoms with Gasteiger partial charge >= 0.3 is 0 Å². The van der Waals surface area contributed by atoms with Crippen molar-refractivity contribution in [3.63, 3.8) is 0 Å². The van der Waals surface area contributed by atoms with E-state index >= 15 is 0 Å². The third-order valence-electron chi connectivity index (χ3n) is 5.30. The molecule has 0 atom stereocenters. The predicted octanol–water partition coefficient (Wildman–Crippen LogP) is 6.77. The third kappa shape index (κ3) is 6.16. The fourth-order valence-corrected chi connectivity index (χ4v) is 4.36. The second-order valence-corrected chi connectivity index (χ2v) is 8.92. The molecule has 0 saturated carbocycles. The summed E-state index contributed by atoms with van der Waals surface area (Å²) < 4.78 is 5.78. The normalized spacial score (nSPS) is 13.8. The van der Waals surface area contributed by atoms with Gasteiger partial charge in [-0.15, -0.1) is 0 Å². The van der Waals surface area contributed by atoms with Crippen molar-refractivity contribution in [3.05, 3.63) is 76.5 Å². The lowest BCUT2D eigenvalue weighted by Gasteiger charge is -2.31. The Kier molecular flexibility index (Phi) is 7.70. The molecule has 1 aromatic heterocycles. The molecule has 2 aromatic carbocycles. The van der Waals surface area contributed by atoms with Gasteiger partial charge in [0.25, 0.3) is 0 Å². The molecule has 0 bridgehead atoms. The maximum atomic E-state index is 12.4. The van der Waals surface area contributed by atoms with Crippen LogP contribution in [0.15, 0.2) is 65.1 Å². The number of piperidine rings is 1. The van der Waals surface area contributed by atoms with Crippen molar-refractivity contribution in [1.82, 2.24) is 5.32 Å². The van der Waals surface area contributed by atoms with Gasteiger partial charge in [-0.2, -0.15) is 0 Å². The highest BCUT2D eigenvalue weighted by Crippen LogP contribution is 2.35. The summed E-state index contributed by atoms with van der Waals surface area (Å²) in [6.45, 7) is 1.89. The Morgan fingerprint density at radius 3 is 2.52 bits per heavy atom. The summed E-state index contributed by atoms with van der Waals surface area (Å²) in [6.07, 6.45) is 6.45. The molecule has 0 unspecified atom stereocenters. The Hall–Kier alpha value is -2.80. The molecule has 4 rings (SSSR count). The van der Waals surface area contributed by atoms with Gasteiger partial charge in [-0.05, 0) is 86.1 Å². The van der Waals surface area contributed by atoms with Gasteiger partial charge < -0.3 is 14.6 Å². The van der Waals surface area contributed by atoms with Gasteiger partial charge in [0.15, 0.2) is 5.11 Å². The van der Waals surface area contributed by atoms with Crippen LogP contribution in [0.5, 0.6) is 0 Å². The molecule has 8 heteroatoms. The molecule has 2 heterocycles. The minimum absolute atomic E-state index is 0.200. The molecule has 1 aliphatic rings. The molecule has 1 amide bonds. The molecule has 1 fully saturated rings. The number of hydrogen-bond donors (Lipinski definition) is 2. The van der Waals surface area contributed by atoms with Crippen LogP contribution in [0.25, 0.3) is 17.4 Å². The maximum Gasteiger partial charge on any atom is 0.250 e. The summed E-state index contributed by atoms with van der Waals surface area (Å²) in [5, 5.41) is 7.30. The second kappa shape index (κ2) is 10.9. The van der Waals surface area contributed by atoms with Gasteiger partial charge in [0.2, 0.25) is 5.91 Å². The number of rotatable bonds is 5. The van der Waals surface area contributed by atoms with E-state index in [-0.39, 0.29) is 11.0 Å². The zero-order chi connectivity index (χ0) is 23.2. The van der Waals surface area contributed by atoms with E-state index in [1.54, 1.807) is 24.3 Å². The van der Waals surface area contributed by atoms with Crippen molar-refractivity contribution < 1.29 is 9.21 Å². The summed E-state index contributed by atoms with van der Waals surface area (Å²) in [5.41, 5.74) is 2.59. The van der Waals surface area contributed by atoms with Crippen LogP contribution in [0.2, 0.25) is 10.0 Å². The number of carbonyl (C=O) groups excluding carboxylic acids is 1. The predicted molar refractivity (Wildman–Crippen MR) is 140 cm³/mol. The van der Waals surface area contributed by atoms with Crippen LogP contribution in [0.1, 0.15) is 25.0 Å². The van der Waals surface area contributed by atoms with E-state index in [9.17, 15) is 4.79 Å². The molecule has 0 radical (unpaired) electrons. The molecule has 1 saturated heterocycles. The van der Waals surface area contributed by atoms with E-state index in [4.69, 9.17) is 39.8 Å². The van der Waals surface area contributed by atoms with Crippen LogP contribution < -0.4 is 15.5 Å². The molecule has 0 aliphatic carbocycles. The molecule has 2 N–H and O–H groups in total. The summed E-state index contributed by atoms with van der Waals surface area (Å²) in [5.74, 6) is 0.879. The van der Waals surface area contributed by atoms with E-state index in [1.807, 2.05) is 36.4 Å². The van der Waals surface area contributed by atoms with Crippen LogP contribution in [-0.2, 0) is 4.79 Å². The monoisotopic (exact) mass is 499 g/mol. The number of nitrogens with zero attached hydrogens (tertiary/aromatic N) is 1. The molecule has 1 aliphatic heterocycles. The van der Waals surface area contributed by atoms with Gasteiger partial charge in [0.05, 0.1) is 16.4 Å². The number of furan rings is 1. The molecular weight excluding hydrogens is 477 g/mol. The Morgan fingerprint density at radius 1 is 1.00 bits per heavy atom. The van der Waals surface area contributed by atoms with Crippen molar-refractivity contribution in [1.29, 1.82) is 0 Å². The Labute approximate surface area is 208 Å². The summed E-state index contributed by atoms with van der Waals surface area (Å²) in [6, 6.07) is 16.6. The van der Waals surface area contributed by atoms with Crippen LogP contribution in [-0.4, -0.2) is 24.1 Å². The first kappa shape index (κ1) is 23.4. The lowest BCUT2D eigenvalue weighted by Crippen LogP contribution is -2.34. The number of amides is 1. The number of thiocarbonyl (C=S) groups is 1. The number of nitrogens with one attached hydrogen (secondary N) is 2. The number of carbonyl (C=O) groups is 1. The van der Waals surface area contributed by atoms with Crippen molar-refractivity contribution in [2.75, 3.05) is 23.3 Å². The smallest absolute Gasteiger partial charge is 0.250 e. The average Bonchev–Trinajstić information content (AvgIpc) is 3.28. The van der Waals surface area contributed by atoms with E-state index in [2.05, 4.69) is 15.5 Å². The quantitative estimate of drug-likeness (QED) is 0.299. The minimum Gasteiger partial charge on any atom is -0.457 e. The molecular formula is C25H23Cl2N3O2S. The molecule has 33 heavy (non-hydrogen) atoms. The van der Waals surface area contributed by atoms with Crippen molar-refractivity contribution in [2.45, 2.75) is 19.3 Å². The number of benzene rings is 2. The summed E-state index contributed by atoms with van der Waals surface area (Å²) in [7, 11) is 0. The number of hydrogen-bond acceptors (Lipinski definition) is 4. The average molecular weight is 500 g/mol. The summed E-state index contributed by atoms with van der Waals surface area (Å²) in [4.78, 5) is 14.6. The highest BCUT2D eigenvalue weighted by Gasteiger charge is 2.18. The largest absolute Gasteiger partial charge is 0.457 e. The van der Waals surface area contributed by atoms with Crippen molar-refractivity contribution in [3.8, 4) is 11.3 Å². The highest BCUT2D eigenvalue weighted by molar-refractivity contribution is 7.80. The second-order valence-electron chi connectivity index (χ2n) is 7.67.